The smallest absolute Gasteiger partial charge is 0.267 e. The molecular weight excluding hydrogens is 363 g/mol. The molecule has 3 heterocycles. The van der Waals surface area contributed by atoms with Crippen LogP contribution in [0.1, 0.15) is 21.9 Å². The van der Waals surface area contributed by atoms with Crippen LogP contribution in [0.3, 0.4) is 0 Å². The van der Waals surface area contributed by atoms with E-state index in [0.29, 0.717) is 35.4 Å². The minimum atomic E-state index is -0.619. The van der Waals surface area contributed by atoms with Crippen molar-refractivity contribution in [2.75, 3.05) is 5.32 Å². The number of benzene rings is 1. The highest BCUT2D eigenvalue weighted by Gasteiger charge is 2.17. The summed E-state index contributed by atoms with van der Waals surface area (Å²) >= 11 is 0. The molecular formula is C18H15FN8O. The van der Waals surface area contributed by atoms with Crippen molar-refractivity contribution in [3.63, 3.8) is 0 Å². The van der Waals surface area contributed by atoms with E-state index in [9.17, 15) is 9.18 Å². The van der Waals surface area contributed by atoms with Crippen LogP contribution in [-0.4, -0.2) is 35.7 Å². The van der Waals surface area contributed by atoms with Crippen LogP contribution >= 0.6 is 0 Å². The third kappa shape index (κ3) is 3.34. The molecule has 9 nitrogen and oxygen atoms in total. The van der Waals surface area contributed by atoms with Crippen molar-refractivity contribution in [2.24, 2.45) is 5.73 Å². The van der Waals surface area contributed by atoms with Crippen molar-refractivity contribution in [3.05, 3.63) is 65.4 Å². The van der Waals surface area contributed by atoms with E-state index >= 15 is 0 Å². The molecule has 0 aliphatic rings. The summed E-state index contributed by atoms with van der Waals surface area (Å²) in [5.74, 6) is 0.155. The summed E-state index contributed by atoms with van der Waals surface area (Å²) in [5.41, 5.74) is 7.26. The van der Waals surface area contributed by atoms with Gasteiger partial charge in [0.15, 0.2) is 11.5 Å². The van der Waals surface area contributed by atoms with E-state index in [1.165, 1.54) is 16.6 Å². The number of anilines is 1. The normalized spacial score (nSPS) is 10.9. The highest BCUT2D eigenvalue weighted by atomic mass is 19.1. The number of primary amides is 1. The van der Waals surface area contributed by atoms with Crippen LogP contribution in [-0.2, 0) is 6.54 Å². The van der Waals surface area contributed by atoms with E-state index in [-0.39, 0.29) is 11.5 Å². The lowest BCUT2D eigenvalue weighted by molar-refractivity contribution is 0.0993. The van der Waals surface area contributed by atoms with E-state index in [4.69, 9.17) is 5.73 Å². The number of nitrogens with two attached hydrogens (primary N) is 1. The number of aryl methyl sites for hydroxylation is 1. The predicted molar refractivity (Wildman–Crippen MR) is 98.8 cm³/mol. The van der Waals surface area contributed by atoms with Crippen LogP contribution in [0.15, 0.2) is 42.5 Å². The van der Waals surface area contributed by atoms with Crippen LogP contribution in [0.2, 0.25) is 0 Å². The maximum atomic E-state index is 13.3. The van der Waals surface area contributed by atoms with Crippen molar-refractivity contribution >= 4 is 17.4 Å². The summed E-state index contributed by atoms with van der Waals surface area (Å²) in [7, 11) is 0. The zero-order valence-corrected chi connectivity index (χ0v) is 14.8. The number of amides is 1. The molecule has 1 aromatic carbocycles. The Morgan fingerprint density at radius 3 is 2.79 bits per heavy atom. The second kappa shape index (κ2) is 6.99. The number of rotatable bonds is 5. The molecule has 0 atom stereocenters. The largest absolute Gasteiger partial charge is 0.364 e. The van der Waals surface area contributed by atoms with Crippen LogP contribution in [0.25, 0.3) is 17.0 Å². The monoisotopic (exact) mass is 378 g/mol. The van der Waals surface area contributed by atoms with Crippen LogP contribution in [0, 0.1) is 12.7 Å². The molecule has 1 amide bonds. The topological polar surface area (TPSA) is 124 Å². The minimum absolute atomic E-state index is 0.200. The number of nitrogens with one attached hydrogen (secondary N) is 1. The second-order valence-electron chi connectivity index (χ2n) is 6.02. The lowest BCUT2D eigenvalue weighted by Crippen LogP contribution is -2.15. The van der Waals surface area contributed by atoms with Gasteiger partial charge >= 0.3 is 0 Å². The van der Waals surface area contributed by atoms with Gasteiger partial charge in [-0.25, -0.2) is 13.9 Å². The van der Waals surface area contributed by atoms with Gasteiger partial charge in [-0.3, -0.25) is 4.79 Å². The van der Waals surface area contributed by atoms with E-state index in [2.05, 4.69) is 30.6 Å². The minimum Gasteiger partial charge on any atom is -0.364 e. The molecule has 3 aromatic heterocycles. The number of hydrogen-bond donors (Lipinski definition) is 2. The van der Waals surface area contributed by atoms with Gasteiger partial charge in [-0.15, -0.1) is 5.10 Å². The maximum absolute atomic E-state index is 13.3. The van der Waals surface area contributed by atoms with Gasteiger partial charge in [0.1, 0.15) is 17.3 Å². The third-order valence-electron chi connectivity index (χ3n) is 3.99. The Morgan fingerprint density at radius 1 is 1.18 bits per heavy atom. The molecule has 0 saturated carbocycles. The molecule has 0 bridgehead atoms. The molecule has 0 unspecified atom stereocenters. The highest BCUT2D eigenvalue weighted by molar-refractivity contribution is 5.92. The summed E-state index contributed by atoms with van der Waals surface area (Å²) in [5, 5.41) is 11.1. The van der Waals surface area contributed by atoms with Gasteiger partial charge in [0.2, 0.25) is 5.95 Å². The number of halogens is 1. The van der Waals surface area contributed by atoms with Gasteiger partial charge in [-0.2, -0.15) is 9.97 Å². The highest BCUT2D eigenvalue weighted by Crippen LogP contribution is 2.20. The van der Waals surface area contributed by atoms with Gasteiger partial charge in [0, 0.05) is 6.54 Å². The Balaban J connectivity index is 1.68. The van der Waals surface area contributed by atoms with Gasteiger partial charge in [0.05, 0.1) is 5.52 Å². The summed E-state index contributed by atoms with van der Waals surface area (Å²) in [6.45, 7) is 2.06. The summed E-state index contributed by atoms with van der Waals surface area (Å²) in [4.78, 5) is 24.5. The fourth-order valence-electron chi connectivity index (χ4n) is 2.76. The summed E-state index contributed by atoms with van der Waals surface area (Å²) in [6, 6.07) is 11.2. The Labute approximate surface area is 158 Å². The Hall–Kier alpha value is -3.95. The number of aromatic nitrogens is 6. The molecule has 0 fully saturated rings. The molecule has 3 N–H and O–H groups in total. The van der Waals surface area contributed by atoms with Crippen LogP contribution in [0.5, 0.6) is 0 Å². The Bertz CT molecular complexity index is 1190. The van der Waals surface area contributed by atoms with Crippen molar-refractivity contribution < 1.29 is 9.18 Å². The van der Waals surface area contributed by atoms with E-state index in [1.807, 2.05) is 0 Å². The van der Waals surface area contributed by atoms with Crippen LogP contribution < -0.4 is 11.1 Å². The zero-order chi connectivity index (χ0) is 19.7. The van der Waals surface area contributed by atoms with Crippen molar-refractivity contribution in [1.29, 1.82) is 0 Å². The van der Waals surface area contributed by atoms with Crippen molar-refractivity contribution in [3.8, 4) is 11.5 Å². The number of pyridine rings is 1. The molecule has 0 spiro atoms. The van der Waals surface area contributed by atoms with Gasteiger partial charge in [-0.05, 0) is 36.8 Å². The number of nitrogens with zero attached hydrogens (tertiary/aromatic N) is 6. The molecule has 0 radical (unpaired) electrons. The predicted octanol–water partition coefficient (Wildman–Crippen LogP) is 1.74. The summed E-state index contributed by atoms with van der Waals surface area (Å²) in [6.07, 6.45) is 0. The molecule has 0 aliphatic carbocycles. The fraction of sp³-hybridized carbons (Fsp3) is 0.111. The zero-order valence-electron chi connectivity index (χ0n) is 14.8. The first-order valence-corrected chi connectivity index (χ1v) is 8.37. The standard InChI is InChI=1S/C18H15FN8O/c1-10-22-17(15-13-6-3-7-14(16(20)28)27(13)26-25-15)24-18(23-10)21-9-11-4-2-5-12(19)8-11/h2-8H,9H2,1H3,(H2,20,28)(H,21,22,23,24). The maximum Gasteiger partial charge on any atom is 0.267 e. The molecule has 4 aromatic rings. The second-order valence-corrected chi connectivity index (χ2v) is 6.02. The lowest BCUT2D eigenvalue weighted by Gasteiger charge is -2.07. The molecule has 10 heteroatoms. The van der Waals surface area contributed by atoms with E-state index < -0.39 is 5.91 Å². The molecule has 0 aliphatic heterocycles. The summed E-state index contributed by atoms with van der Waals surface area (Å²) < 4.78 is 14.7. The molecule has 0 saturated heterocycles. The first-order chi connectivity index (χ1) is 13.5. The number of carbonyl (C=O) groups is 1. The Morgan fingerprint density at radius 2 is 2.00 bits per heavy atom. The van der Waals surface area contributed by atoms with Gasteiger partial charge in [-0.1, -0.05) is 23.4 Å². The SMILES string of the molecule is Cc1nc(NCc2cccc(F)c2)nc(-c2nnn3c(C(N)=O)cccc23)n1. The third-order valence-corrected chi connectivity index (χ3v) is 3.99. The van der Waals surface area contributed by atoms with E-state index in [0.717, 1.165) is 5.56 Å². The molecule has 28 heavy (non-hydrogen) atoms. The van der Waals surface area contributed by atoms with E-state index in [1.54, 1.807) is 37.3 Å². The number of fused-ring (bicyclic) bond motifs is 1. The van der Waals surface area contributed by atoms with Crippen LogP contribution in [0.4, 0.5) is 10.3 Å². The average molecular weight is 378 g/mol. The van der Waals surface area contributed by atoms with Gasteiger partial charge < -0.3 is 11.1 Å². The number of carbonyl (C=O) groups excluding carboxylic acids is 1. The van der Waals surface area contributed by atoms with Crippen molar-refractivity contribution in [2.45, 2.75) is 13.5 Å². The first-order valence-electron chi connectivity index (χ1n) is 8.37. The molecule has 140 valence electrons. The fourth-order valence-corrected chi connectivity index (χ4v) is 2.76. The van der Waals surface area contributed by atoms with Gasteiger partial charge in [0.25, 0.3) is 5.91 Å². The van der Waals surface area contributed by atoms with Crippen molar-refractivity contribution in [1.82, 2.24) is 29.8 Å². The number of hydrogen-bond acceptors (Lipinski definition) is 7. The average Bonchev–Trinajstić information content (AvgIpc) is 3.10. The quantitative estimate of drug-likeness (QED) is 0.542. The lowest BCUT2D eigenvalue weighted by atomic mass is 10.2. The Kier molecular flexibility index (Phi) is 4.36. The molecule has 4 rings (SSSR count). The first kappa shape index (κ1) is 17.5.